The van der Waals surface area contributed by atoms with E-state index in [-0.39, 0.29) is 22.8 Å². The van der Waals surface area contributed by atoms with Crippen molar-refractivity contribution in [3.8, 4) is 0 Å². The minimum absolute atomic E-state index is 0.0963. The molecule has 4 aromatic rings. The Hall–Kier alpha value is -4.14. The summed E-state index contributed by atoms with van der Waals surface area (Å²) in [6, 6.07) is 32.8. The Morgan fingerprint density at radius 3 is 2.15 bits per heavy atom. The van der Waals surface area contributed by atoms with E-state index in [0.29, 0.717) is 17.7 Å². The van der Waals surface area contributed by atoms with Crippen LogP contribution in [0.4, 0.5) is 11.4 Å². The molecule has 0 radical (unpaired) electrons. The van der Waals surface area contributed by atoms with Crippen molar-refractivity contribution in [2.24, 2.45) is 0 Å². The molecular weight excluding hydrogens is 586 g/mol. The van der Waals surface area contributed by atoms with Crippen molar-refractivity contribution in [3.63, 3.8) is 0 Å². The molecule has 0 aliphatic carbocycles. The van der Waals surface area contributed by atoms with Crippen LogP contribution in [0.15, 0.2) is 124 Å². The van der Waals surface area contributed by atoms with Gasteiger partial charge in [-0.2, -0.15) is 0 Å². The molecule has 0 aliphatic heterocycles. The number of anilines is 2. The van der Waals surface area contributed by atoms with Gasteiger partial charge in [0.1, 0.15) is 5.70 Å². The molecule has 8 heteroatoms. The fourth-order valence-electron chi connectivity index (χ4n) is 3.75. The second-order valence-corrected chi connectivity index (χ2v) is 11.0. The Morgan fingerprint density at radius 1 is 0.800 bits per heavy atom. The first-order chi connectivity index (χ1) is 19.4. The van der Waals surface area contributed by atoms with Gasteiger partial charge in [-0.25, -0.2) is 0 Å². The molecule has 0 bridgehead atoms. The first kappa shape index (κ1) is 28.9. The lowest BCUT2D eigenvalue weighted by Crippen LogP contribution is -2.30. The summed E-state index contributed by atoms with van der Waals surface area (Å²) in [4.78, 5) is 39.9. The molecule has 0 saturated carbocycles. The van der Waals surface area contributed by atoms with Gasteiger partial charge in [-0.15, -0.1) is 11.8 Å². The predicted molar refractivity (Wildman–Crippen MR) is 166 cm³/mol. The Bertz CT molecular complexity index is 1490. The van der Waals surface area contributed by atoms with Crippen LogP contribution in [-0.4, -0.2) is 23.0 Å². The van der Waals surface area contributed by atoms with Crippen LogP contribution >= 0.6 is 27.7 Å². The van der Waals surface area contributed by atoms with E-state index in [1.54, 1.807) is 36.4 Å². The van der Waals surface area contributed by atoms with Crippen molar-refractivity contribution in [2.45, 2.75) is 23.5 Å². The summed E-state index contributed by atoms with van der Waals surface area (Å²) in [6.07, 6.45) is 2.26. The molecular formula is C32H28BrN3O3S. The monoisotopic (exact) mass is 613 g/mol. The number of carbonyl (C=O) groups excluding carboxylic acids is 3. The van der Waals surface area contributed by atoms with Crippen LogP contribution in [0.5, 0.6) is 0 Å². The van der Waals surface area contributed by atoms with Crippen LogP contribution in [-0.2, 0) is 9.59 Å². The quantitative estimate of drug-likeness (QED) is 0.129. The summed E-state index contributed by atoms with van der Waals surface area (Å²) >= 11 is 4.82. The second-order valence-electron chi connectivity index (χ2n) is 8.78. The third kappa shape index (κ3) is 8.43. The third-order valence-electron chi connectivity index (χ3n) is 5.78. The maximum absolute atomic E-state index is 13.3. The summed E-state index contributed by atoms with van der Waals surface area (Å²) in [7, 11) is 0. The zero-order valence-corrected chi connectivity index (χ0v) is 24.2. The fraction of sp³-hybridized carbons (Fsp3) is 0.0938. The van der Waals surface area contributed by atoms with Gasteiger partial charge in [-0.1, -0.05) is 77.5 Å². The topological polar surface area (TPSA) is 87.3 Å². The van der Waals surface area contributed by atoms with E-state index in [1.165, 1.54) is 11.8 Å². The number of rotatable bonds is 10. The number of nitrogens with one attached hydrogen (secondary N) is 3. The van der Waals surface area contributed by atoms with E-state index in [2.05, 4.69) is 31.9 Å². The van der Waals surface area contributed by atoms with Gasteiger partial charge in [-0.3, -0.25) is 14.4 Å². The smallest absolute Gasteiger partial charge is 0.272 e. The molecule has 3 amide bonds. The summed E-state index contributed by atoms with van der Waals surface area (Å²) in [6.45, 7) is 1.96. The van der Waals surface area contributed by atoms with E-state index in [0.717, 1.165) is 20.6 Å². The van der Waals surface area contributed by atoms with E-state index < -0.39 is 5.91 Å². The van der Waals surface area contributed by atoms with Gasteiger partial charge in [0, 0.05) is 26.3 Å². The van der Waals surface area contributed by atoms with Crippen LogP contribution in [0.1, 0.15) is 29.3 Å². The number of thioether (sulfide) groups is 1. The van der Waals surface area contributed by atoms with Gasteiger partial charge in [0.05, 0.1) is 5.25 Å². The summed E-state index contributed by atoms with van der Waals surface area (Å²) < 4.78 is 0.937. The van der Waals surface area contributed by atoms with Crippen LogP contribution in [0.25, 0.3) is 6.08 Å². The van der Waals surface area contributed by atoms with Gasteiger partial charge in [0.2, 0.25) is 5.91 Å². The number of carbonyl (C=O) groups is 3. The van der Waals surface area contributed by atoms with Crippen LogP contribution in [0.2, 0.25) is 0 Å². The molecule has 1 atom stereocenters. The van der Waals surface area contributed by atoms with Crippen molar-refractivity contribution >= 4 is 62.9 Å². The molecule has 3 N–H and O–H groups in total. The van der Waals surface area contributed by atoms with E-state index >= 15 is 0 Å². The standard InChI is InChI=1S/C32H28BrN3O3S/c1-2-29(32(39)34-25-18-16-24(33)17-19-25)40-27-15-9-14-26(21-27)35-31(38)28(20-22-10-5-3-6-11-22)36-30(37)23-12-7-4-8-13-23/h3-21,29H,2H2,1H3,(H,34,39)(H,35,38)(H,36,37)/b28-20-. The first-order valence-electron chi connectivity index (χ1n) is 12.7. The highest BCUT2D eigenvalue weighted by atomic mass is 79.9. The van der Waals surface area contributed by atoms with Crippen molar-refractivity contribution in [3.05, 3.63) is 130 Å². The van der Waals surface area contributed by atoms with Gasteiger partial charge < -0.3 is 16.0 Å². The first-order valence-corrected chi connectivity index (χ1v) is 14.4. The fourth-order valence-corrected chi connectivity index (χ4v) is 5.02. The molecule has 202 valence electrons. The molecule has 0 aliphatic rings. The maximum atomic E-state index is 13.3. The Labute approximate surface area is 246 Å². The molecule has 1 unspecified atom stereocenters. The van der Waals surface area contributed by atoms with Crippen molar-refractivity contribution < 1.29 is 14.4 Å². The average molecular weight is 615 g/mol. The zero-order valence-electron chi connectivity index (χ0n) is 21.8. The van der Waals surface area contributed by atoms with Gasteiger partial charge >= 0.3 is 0 Å². The zero-order chi connectivity index (χ0) is 28.3. The van der Waals surface area contributed by atoms with Gasteiger partial charge in [0.25, 0.3) is 11.8 Å². The molecule has 0 heterocycles. The number of halogens is 1. The molecule has 40 heavy (non-hydrogen) atoms. The van der Waals surface area contributed by atoms with E-state index in [9.17, 15) is 14.4 Å². The molecule has 0 saturated heterocycles. The minimum atomic E-state index is -0.463. The molecule has 0 spiro atoms. The summed E-state index contributed by atoms with van der Waals surface area (Å²) in [5.41, 5.74) is 2.60. The Morgan fingerprint density at radius 2 is 1.48 bits per heavy atom. The highest BCUT2D eigenvalue weighted by molar-refractivity contribution is 9.10. The maximum Gasteiger partial charge on any atom is 0.272 e. The lowest BCUT2D eigenvalue weighted by molar-refractivity contribution is -0.116. The van der Waals surface area contributed by atoms with Gasteiger partial charge in [-0.05, 0) is 72.7 Å². The second kappa shape index (κ2) is 14.3. The molecule has 4 rings (SSSR count). The molecule has 0 aromatic heterocycles. The highest BCUT2D eigenvalue weighted by Gasteiger charge is 2.19. The van der Waals surface area contributed by atoms with E-state index in [1.807, 2.05) is 85.8 Å². The molecule has 6 nitrogen and oxygen atoms in total. The number of hydrogen-bond acceptors (Lipinski definition) is 4. The Balaban J connectivity index is 1.48. The molecule has 0 fully saturated rings. The largest absolute Gasteiger partial charge is 0.325 e. The normalized spacial score (nSPS) is 11.8. The highest BCUT2D eigenvalue weighted by Crippen LogP contribution is 2.29. The summed E-state index contributed by atoms with van der Waals surface area (Å²) in [5, 5.41) is 8.27. The van der Waals surface area contributed by atoms with Crippen molar-refractivity contribution in [1.29, 1.82) is 0 Å². The lowest BCUT2D eigenvalue weighted by Gasteiger charge is -2.16. The Kier molecular flexibility index (Phi) is 10.3. The van der Waals surface area contributed by atoms with Crippen molar-refractivity contribution in [2.75, 3.05) is 10.6 Å². The van der Waals surface area contributed by atoms with E-state index in [4.69, 9.17) is 0 Å². The number of amides is 3. The van der Waals surface area contributed by atoms with Crippen LogP contribution < -0.4 is 16.0 Å². The predicted octanol–water partition coefficient (Wildman–Crippen LogP) is 7.37. The SMILES string of the molecule is CCC(Sc1cccc(NC(=O)/C(=C/c2ccccc2)NC(=O)c2ccccc2)c1)C(=O)Nc1ccc(Br)cc1. The van der Waals surface area contributed by atoms with Gasteiger partial charge in [0.15, 0.2) is 0 Å². The molecule has 4 aromatic carbocycles. The summed E-state index contributed by atoms with van der Waals surface area (Å²) in [5.74, 6) is -0.943. The third-order valence-corrected chi connectivity index (χ3v) is 7.67. The van der Waals surface area contributed by atoms with Crippen LogP contribution in [0, 0.1) is 0 Å². The number of benzene rings is 4. The average Bonchev–Trinajstić information content (AvgIpc) is 2.98. The van der Waals surface area contributed by atoms with Crippen LogP contribution in [0.3, 0.4) is 0 Å². The minimum Gasteiger partial charge on any atom is -0.325 e. The lowest BCUT2D eigenvalue weighted by atomic mass is 10.1. The van der Waals surface area contributed by atoms with Crippen molar-refractivity contribution in [1.82, 2.24) is 5.32 Å². The number of hydrogen-bond donors (Lipinski definition) is 3.